The summed E-state index contributed by atoms with van der Waals surface area (Å²) in [5.74, 6) is 0.728. The van der Waals surface area contributed by atoms with E-state index in [4.69, 9.17) is 9.47 Å². The summed E-state index contributed by atoms with van der Waals surface area (Å²) < 4.78 is 10.7. The molecule has 0 aromatic carbocycles. The lowest BCUT2D eigenvalue weighted by atomic mass is 10.3. The molecule has 0 radical (unpaired) electrons. The molecule has 0 N–H and O–H groups in total. The molecule has 1 amide bonds. The molecule has 1 aromatic rings. The van der Waals surface area contributed by atoms with Gasteiger partial charge in [-0.1, -0.05) is 0 Å². The van der Waals surface area contributed by atoms with Crippen molar-refractivity contribution in [1.29, 1.82) is 0 Å². The Morgan fingerprint density at radius 1 is 1.36 bits per heavy atom. The maximum atomic E-state index is 12.3. The fourth-order valence-electron chi connectivity index (χ4n) is 2.73. The van der Waals surface area contributed by atoms with E-state index in [1.165, 1.54) is 0 Å². The maximum Gasteiger partial charge on any atom is 0.257 e. The van der Waals surface area contributed by atoms with Gasteiger partial charge in [-0.15, -0.1) is 0 Å². The van der Waals surface area contributed by atoms with Crippen molar-refractivity contribution in [3.05, 3.63) is 17.5 Å². The molecule has 0 bridgehead atoms. The number of carbonyl (C=O) groups is 1. The monoisotopic (exact) mass is 306 g/mol. The van der Waals surface area contributed by atoms with E-state index in [0.29, 0.717) is 51.0 Å². The van der Waals surface area contributed by atoms with Crippen LogP contribution in [0.3, 0.4) is 0 Å². The van der Waals surface area contributed by atoms with Crippen LogP contribution in [0.15, 0.2) is 6.20 Å². The molecule has 3 rings (SSSR count). The second-order valence-electron chi connectivity index (χ2n) is 5.41. The number of hydrogen-bond donors (Lipinski definition) is 0. The Kier molecular flexibility index (Phi) is 4.84. The number of amides is 1. The Morgan fingerprint density at radius 3 is 2.95 bits per heavy atom. The molecule has 0 unspecified atom stereocenters. The van der Waals surface area contributed by atoms with Crippen LogP contribution in [-0.2, 0) is 16.0 Å². The number of carbonyl (C=O) groups excluding carboxylic acids is 1. The number of morpholine rings is 1. The number of hydrogen-bond acceptors (Lipinski definition) is 6. The predicted octanol–water partition coefficient (Wildman–Crippen LogP) is 0.696. The van der Waals surface area contributed by atoms with E-state index >= 15 is 0 Å². The third-order valence-electron chi connectivity index (χ3n) is 3.93. The standard InChI is InChI=1S/C15H22N4O3/c1-2-21-7-3-4-19-11-13-12(14(19)20)10-16-15(17-13)18-5-8-22-9-6-18/h10H,2-9,11H2,1H3. The number of ether oxygens (including phenoxy) is 2. The van der Waals surface area contributed by atoms with Crippen LogP contribution in [0.4, 0.5) is 5.95 Å². The average molecular weight is 306 g/mol. The molecule has 22 heavy (non-hydrogen) atoms. The first kappa shape index (κ1) is 15.2. The second-order valence-corrected chi connectivity index (χ2v) is 5.41. The Bertz CT molecular complexity index is 532. The van der Waals surface area contributed by atoms with E-state index in [1.807, 2.05) is 11.8 Å². The van der Waals surface area contributed by atoms with Crippen molar-refractivity contribution < 1.29 is 14.3 Å². The van der Waals surface area contributed by atoms with E-state index in [-0.39, 0.29) is 5.91 Å². The molecule has 1 fully saturated rings. The average Bonchev–Trinajstić information content (AvgIpc) is 2.88. The van der Waals surface area contributed by atoms with Crippen LogP contribution in [0.2, 0.25) is 0 Å². The first-order chi connectivity index (χ1) is 10.8. The van der Waals surface area contributed by atoms with Crippen LogP contribution in [0.1, 0.15) is 29.4 Å². The Balaban J connectivity index is 1.64. The fourth-order valence-corrected chi connectivity index (χ4v) is 2.73. The highest BCUT2D eigenvalue weighted by molar-refractivity contribution is 5.97. The lowest BCUT2D eigenvalue weighted by Crippen LogP contribution is -2.37. The van der Waals surface area contributed by atoms with Gasteiger partial charge in [0.2, 0.25) is 5.95 Å². The van der Waals surface area contributed by atoms with Crippen molar-refractivity contribution in [2.75, 3.05) is 51.0 Å². The molecule has 0 spiro atoms. The van der Waals surface area contributed by atoms with Crippen molar-refractivity contribution in [2.45, 2.75) is 19.9 Å². The molecule has 0 saturated carbocycles. The van der Waals surface area contributed by atoms with Crippen LogP contribution in [0, 0.1) is 0 Å². The van der Waals surface area contributed by atoms with Gasteiger partial charge in [0.15, 0.2) is 0 Å². The van der Waals surface area contributed by atoms with Crippen LogP contribution in [0.25, 0.3) is 0 Å². The third-order valence-corrected chi connectivity index (χ3v) is 3.93. The third kappa shape index (κ3) is 3.20. The van der Waals surface area contributed by atoms with E-state index in [9.17, 15) is 4.79 Å². The van der Waals surface area contributed by atoms with Gasteiger partial charge >= 0.3 is 0 Å². The van der Waals surface area contributed by atoms with Gasteiger partial charge in [-0.3, -0.25) is 4.79 Å². The van der Waals surface area contributed by atoms with Crippen molar-refractivity contribution in [2.24, 2.45) is 0 Å². The zero-order valence-corrected chi connectivity index (χ0v) is 13.0. The highest BCUT2D eigenvalue weighted by atomic mass is 16.5. The first-order valence-electron chi connectivity index (χ1n) is 7.85. The lowest BCUT2D eigenvalue weighted by Gasteiger charge is -2.26. The minimum atomic E-state index is 0.0278. The Hall–Kier alpha value is -1.73. The second kappa shape index (κ2) is 7.02. The molecule has 120 valence electrons. The number of rotatable bonds is 6. The molecule has 0 atom stereocenters. The van der Waals surface area contributed by atoms with Crippen LogP contribution >= 0.6 is 0 Å². The van der Waals surface area contributed by atoms with E-state index in [2.05, 4.69) is 14.9 Å². The summed E-state index contributed by atoms with van der Waals surface area (Å²) in [5.41, 5.74) is 1.46. The van der Waals surface area contributed by atoms with Gasteiger partial charge in [-0.2, -0.15) is 0 Å². The van der Waals surface area contributed by atoms with Crippen molar-refractivity contribution in [3.63, 3.8) is 0 Å². The topological polar surface area (TPSA) is 67.8 Å². The van der Waals surface area contributed by atoms with Gasteiger partial charge in [0.25, 0.3) is 5.91 Å². The number of nitrogens with zero attached hydrogens (tertiary/aromatic N) is 4. The molecule has 7 heteroatoms. The van der Waals surface area contributed by atoms with Crippen LogP contribution < -0.4 is 4.90 Å². The largest absolute Gasteiger partial charge is 0.382 e. The van der Waals surface area contributed by atoms with Crippen molar-refractivity contribution in [3.8, 4) is 0 Å². The normalized spacial score (nSPS) is 18.0. The smallest absolute Gasteiger partial charge is 0.257 e. The summed E-state index contributed by atoms with van der Waals surface area (Å²) in [6.45, 7) is 7.62. The van der Waals surface area contributed by atoms with Gasteiger partial charge in [-0.25, -0.2) is 9.97 Å². The summed E-state index contributed by atoms with van der Waals surface area (Å²) in [5, 5.41) is 0. The van der Waals surface area contributed by atoms with Crippen LogP contribution in [-0.4, -0.2) is 66.8 Å². The van der Waals surface area contributed by atoms with Crippen molar-refractivity contribution >= 4 is 11.9 Å². The number of anilines is 1. The SMILES string of the molecule is CCOCCCN1Cc2nc(N3CCOCC3)ncc2C1=O. The fraction of sp³-hybridized carbons (Fsp3) is 0.667. The summed E-state index contributed by atoms with van der Waals surface area (Å²) in [6, 6.07) is 0. The molecular weight excluding hydrogens is 284 g/mol. The van der Waals surface area contributed by atoms with Gasteiger partial charge in [0.1, 0.15) is 0 Å². The van der Waals surface area contributed by atoms with Gasteiger partial charge < -0.3 is 19.3 Å². The summed E-state index contributed by atoms with van der Waals surface area (Å²) in [7, 11) is 0. The highest BCUT2D eigenvalue weighted by Crippen LogP contribution is 2.22. The van der Waals surface area contributed by atoms with Gasteiger partial charge in [-0.05, 0) is 13.3 Å². The summed E-state index contributed by atoms with van der Waals surface area (Å²) >= 11 is 0. The minimum absolute atomic E-state index is 0.0278. The number of aromatic nitrogens is 2. The number of fused-ring (bicyclic) bond motifs is 1. The molecular formula is C15H22N4O3. The first-order valence-corrected chi connectivity index (χ1v) is 7.85. The van der Waals surface area contributed by atoms with E-state index in [0.717, 1.165) is 25.2 Å². The van der Waals surface area contributed by atoms with Crippen LogP contribution in [0.5, 0.6) is 0 Å². The van der Waals surface area contributed by atoms with Crippen molar-refractivity contribution in [1.82, 2.24) is 14.9 Å². The highest BCUT2D eigenvalue weighted by Gasteiger charge is 2.29. The van der Waals surface area contributed by atoms with Gasteiger partial charge in [0, 0.05) is 39.0 Å². The molecule has 2 aliphatic heterocycles. The Labute approximate surface area is 130 Å². The molecule has 2 aliphatic rings. The summed E-state index contributed by atoms with van der Waals surface area (Å²) in [4.78, 5) is 25.2. The molecule has 7 nitrogen and oxygen atoms in total. The quantitative estimate of drug-likeness (QED) is 0.721. The molecule has 0 aliphatic carbocycles. The minimum Gasteiger partial charge on any atom is -0.382 e. The van der Waals surface area contributed by atoms with E-state index in [1.54, 1.807) is 6.20 Å². The maximum absolute atomic E-state index is 12.3. The van der Waals surface area contributed by atoms with Gasteiger partial charge in [0.05, 0.1) is 31.0 Å². The lowest BCUT2D eigenvalue weighted by molar-refractivity contribution is 0.0748. The zero-order chi connectivity index (χ0) is 15.4. The summed E-state index contributed by atoms with van der Waals surface area (Å²) in [6.07, 6.45) is 2.51. The molecule has 1 saturated heterocycles. The van der Waals surface area contributed by atoms with E-state index < -0.39 is 0 Å². The molecule has 3 heterocycles. The Morgan fingerprint density at radius 2 is 2.18 bits per heavy atom. The predicted molar refractivity (Wildman–Crippen MR) is 80.9 cm³/mol. The molecule has 1 aromatic heterocycles. The zero-order valence-electron chi connectivity index (χ0n) is 13.0.